The molecule has 106 valence electrons. The largest absolute Gasteiger partial charge is 0.381 e. The van der Waals surface area contributed by atoms with Crippen molar-refractivity contribution in [2.75, 3.05) is 19.8 Å². The van der Waals surface area contributed by atoms with Crippen molar-refractivity contribution in [1.82, 2.24) is 5.32 Å². The minimum atomic E-state index is 0.371. The molecule has 1 N–H and O–H groups in total. The number of hydrogen-bond acceptors (Lipinski definition) is 3. The average molecular weight is 263 g/mol. The summed E-state index contributed by atoms with van der Waals surface area (Å²) in [5, 5.41) is 3.43. The van der Waals surface area contributed by atoms with Gasteiger partial charge in [-0.05, 0) is 36.9 Å². The summed E-state index contributed by atoms with van der Waals surface area (Å²) in [5.41, 5.74) is 2.60. The number of nitrogens with one attached hydrogen (secondary N) is 1. The van der Waals surface area contributed by atoms with Crippen LogP contribution in [0.3, 0.4) is 0 Å². The van der Waals surface area contributed by atoms with Crippen molar-refractivity contribution in [2.45, 2.75) is 45.4 Å². The van der Waals surface area contributed by atoms with Crippen molar-refractivity contribution in [1.29, 1.82) is 0 Å². The highest BCUT2D eigenvalue weighted by Crippen LogP contribution is 2.14. The SMILES string of the molecule is CCCNCc1cccc(COC2CCOCC2)c1. The molecule has 3 nitrogen and oxygen atoms in total. The molecule has 3 heteroatoms. The molecule has 0 radical (unpaired) electrons. The second-order valence-electron chi connectivity index (χ2n) is 5.12. The quantitative estimate of drug-likeness (QED) is 0.767. The second-order valence-corrected chi connectivity index (χ2v) is 5.12. The van der Waals surface area contributed by atoms with Crippen LogP contribution in [0.25, 0.3) is 0 Å². The van der Waals surface area contributed by atoms with Gasteiger partial charge in [0.15, 0.2) is 0 Å². The van der Waals surface area contributed by atoms with Crippen molar-refractivity contribution in [3.05, 3.63) is 35.4 Å². The summed E-state index contributed by atoms with van der Waals surface area (Å²) in [6.45, 7) is 6.59. The number of benzene rings is 1. The minimum absolute atomic E-state index is 0.371. The van der Waals surface area contributed by atoms with Crippen LogP contribution in [0.5, 0.6) is 0 Å². The van der Waals surface area contributed by atoms with E-state index in [4.69, 9.17) is 9.47 Å². The van der Waals surface area contributed by atoms with Crippen LogP contribution in [0, 0.1) is 0 Å². The van der Waals surface area contributed by atoms with E-state index in [1.54, 1.807) is 0 Å². The maximum absolute atomic E-state index is 5.95. The predicted octanol–water partition coefficient (Wildman–Crippen LogP) is 2.88. The van der Waals surface area contributed by atoms with E-state index in [-0.39, 0.29) is 0 Å². The first-order chi connectivity index (χ1) is 9.38. The molecule has 0 unspecified atom stereocenters. The zero-order chi connectivity index (χ0) is 13.3. The molecule has 1 fully saturated rings. The maximum atomic E-state index is 5.95. The Kier molecular flexibility index (Phi) is 6.34. The molecule has 2 rings (SSSR count). The predicted molar refractivity (Wildman–Crippen MR) is 77.1 cm³/mol. The molecule has 0 saturated carbocycles. The Bertz CT molecular complexity index is 362. The number of rotatable bonds is 7. The van der Waals surface area contributed by atoms with Gasteiger partial charge in [-0.3, -0.25) is 0 Å². The zero-order valence-corrected chi connectivity index (χ0v) is 11.9. The Morgan fingerprint density at radius 3 is 2.84 bits per heavy atom. The maximum Gasteiger partial charge on any atom is 0.0720 e. The summed E-state index contributed by atoms with van der Waals surface area (Å²) in [7, 11) is 0. The highest BCUT2D eigenvalue weighted by Gasteiger charge is 2.13. The molecule has 0 spiro atoms. The summed E-state index contributed by atoms with van der Waals surface area (Å²) in [6, 6.07) is 8.66. The van der Waals surface area contributed by atoms with Crippen LogP contribution in [-0.2, 0) is 22.6 Å². The highest BCUT2D eigenvalue weighted by molar-refractivity contribution is 5.22. The Balaban J connectivity index is 1.77. The first-order valence-corrected chi connectivity index (χ1v) is 7.36. The topological polar surface area (TPSA) is 30.5 Å². The van der Waals surface area contributed by atoms with Gasteiger partial charge in [0.25, 0.3) is 0 Å². The van der Waals surface area contributed by atoms with Crippen molar-refractivity contribution in [2.24, 2.45) is 0 Å². The zero-order valence-electron chi connectivity index (χ0n) is 11.9. The van der Waals surface area contributed by atoms with Crippen LogP contribution in [0.1, 0.15) is 37.3 Å². The van der Waals surface area contributed by atoms with Crippen LogP contribution in [0.4, 0.5) is 0 Å². The van der Waals surface area contributed by atoms with Gasteiger partial charge in [0.1, 0.15) is 0 Å². The average Bonchev–Trinajstić information content (AvgIpc) is 2.47. The first-order valence-electron chi connectivity index (χ1n) is 7.36. The van der Waals surface area contributed by atoms with E-state index in [2.05, 4.69) is 36.5 Å². The van der Waals surface area contributed by atoms with Crippen molar-refractivity contribution < 1.29 is 9.47 Å². The Morgan fingerprint density at radius 1 is 1.26 bits per heavy atom. The molecule has 0 aliphatic carbocycles. The molecule has 1 aromatic rings. The Labute approximate surface area is 116 Å². The molecule has 1 aliphatic rings. The van der Waals surface area contributed by atoms with E-state index in [9.17, 15) is 0 Å². The first kappa shape index (κ1) is 14.5. The van der Waals surface area contributed by atoms with E-state index < -0.39 is 0 Å². The van der Waals surface area contributed by atoms with E-state index >= 15 is 0 Å². The molecule has 0 bridgehead atoms. The lowest BCUT2D eigenvalue weighted by Gasteiger charge is -2.22. The molecule has 1 aromatic carbocycles. The summed E-state index contributed by atoms with van der Waals surface area (Å²) in [5.74, 6) is 0. The molecule has 1 heterocycles. The fourth-order valence-corrected chi connectivity index (χ4v) is 2.30. The summed E-state index contributed by atoms with van der Waals surface area (Å²) in [4.78, 5) is 0. The lowest BCUT2D eigenvalue weighted by Crippen LogP contribution is -2.23. The third-order valence-corrected chi connectivity index (χ3v) is 3.40. The van der Waals surface area contributed by atoms with Gasteiger partial charge in [-0.1, -0.05) is 31.2 Å². The monoisotopic (exact) mass is 263 g/mol. The van der Waals surface area contributed by atoms with Crippen LogP contribution in [0.2, 0.25) is 0 Å². The number of hydrogen-bond donors (Lipinski definition) is 1. The smallest absolute Gasteiger partial charge is 0.0720 e. The standard InChI is InChI=1S/C16H25NO2/c1-2-8-17-12-14-4-3-5-15(11-14)13-19-16-6-9-18-10-7-16/h3-5,11,16-17H,2,6-10,12-13H2,1H3. The van der Waals surface area contributed by atoms with E-state index in [1.165, 1.54) is 17.5 Å². The van der Waals surface area contributed by atoms with Crippen LogP contribution < -0.4 is 5.32 Å². The molecule has 0 atom stereocenters. The van der Waals surface area contributed by atoms with Crippen LogP contribution in [0.15, 0.2) is 24.3 Å². The second kappa shape index (κ2) is 8.31. The molecular formula is C16H25NO2. The molecule has 19 heavy (non-hydrogen) atoms. The van der Waals surface area contributed by atoms with E-state index in [0.717, 1.165) is 39.1 Å². The molecule has 0 amide bonds. The molecule has 1 aliphatic heterocycles. The van der Waals surface area contributed by atoms with Gasteiger partial charge in [-0.25, -0.2) is 0 Å². The third-order valence-electron chi connectivity index (χ3n) is 3.40. The molecular weight excluding hydrogens is 238 g/mol. The van der Waals surface area contributed by atoms with Gasteiger partial charge < -0.3 is 14.8 Å². The summed E-state index contributed by atoms with van der Waals surface area (Å²) >= 11 is 0. The van der Waals surface area contributed by atoms with Gasteiger partial charge in [-0.15, -0.1) is 0 Å². The van der Waals surface area contributed by atoms with Crippen molar-refractivity contribution in [3.8, 4) is 0 Å². The van der Waals surface area contributed by atoms with Crippen LogP contribution in [-0.4, -0.2) is 25.9 Å². The van der Waals surface area contributed by atoms with Crippen molar-refractivity contribution >= 4 is 0 Å². The highest BCUT2D eigenvalue weighted by atomic mass is 16.5. The Morgan fingerprint density at radius 2 is 2.05 bits per heavy atom. The lowest BCUT2D eigenvalue weighted by atomic mass is 10.1. The fraction of sp³-hybridized carbons (Fsp3) is 0.625. The van der Waals surface area contributed by atoms with Gasteiger partial charge >= 0.3 is 0 Å². The van der Waals surface area contributed by atoms with Gasteiger partial charge in [0.2, 0.25) is 0 Å². The summed E-state index contributed by atoms with van der Waals surface area (Å²) in [6.07, 6.45) is 3.60. The minimum Gasteiger partial charge on any atom is -0.381 e. The third kappa shape index (κ3) is 5.31. The van der Waals surface area contributed by atoms with Gasteiger partial charge in [0.05, 0.1) is 12.7 Å². The van der Waals surface area contributed by atoms with E-state index in [0.29, 0.717) is 12.7 Å². The Hall–Kier alpha value is -0.900. The summed E-state index contributed by atoms with van der Waals surface area (Å²) < 4.78 is 11.3. The molecule has 0 aromatic heterocycles. The van der Waals surface area contributed by atoms with Crippen molar-refractivity contribution in [3.63, 3.8) is 0 Å². The van der Waals surface area contributed by atoms with Gasteiger partial charge in [0, 0.05) is 19.8 Å². The lowest BCUT2D eigenvalue weighted by molar-refractivity contribution is -0.0390. The number of ether oxygens (including phenoxy) is 2. The van der Waals surface area contributed by atoms with Crippen LogP contribution >= 0.6 is 0 Å². The van der Waals surface area contributed by atoms with Gasteiger partial charge in [-0.2, -0.15) is 0 Å². The fourth-order valence-electron chi connectivity index (χ4n) is 2.30. The normalized spacial score (nSPS) is 16.7. The molecule has 1 saturated heterocycles. The van der Waals surface area contributed by atoms with E-state index in [1.807, 2.05) is 0 Å².